The first kappa shape index (κ1) is 16.2. The molecular formula is C17H14ClN5O3. The van der Waals surface area contributed by atoms with Crippen LogP contribution >= 0.6 is 11.6 Å². The van der Waals surface area contributed by atoms with Gasteiger partial charge in [-0.2, -0.15) is 5.21 Å². The standard InChI is InChI=1S/C17H14ClN5O3/c18-11-3-1-2-4-12(11)20-16-15(21-23-22-16)17(24)19-8-10-5-6-13-14(7-10)26-9-25-13/h1-7H,8-9H2,(H,19,24)(H2,20,21,22,23). The number of nitrogens with one attached hydrogen (secondary N) is 3. The van der Waals surface area contributed by atoms with E-state index in [1.807, 2.05) is 30.3 Å². The summed E-state index contributed by atoms with van der Waals surface area (Å²) in [6.07, 6.45) is 0. The summed E-state index contributed by atoms with van der Waals surface area (Å²) < 4.78 is 10.6. The Labute approximate surface area is 153 Å². The van der Waals surface area contributed by atoms with Gasteiger partial charge in [0, 0.05) is 6.54 Å². The molecule has 0 saturated heterocycles. The van der Waals surface area contributed by atoms with Crippen molar-refractivity contribution in [2.75, 3.05) is 12.1 Å². The van der Waals surface area contributed by atoms with Crippen LogP contribution < -0.4 is 20.1 Å². The van der Waals surface area contributed by atoms with Crippen molar-refractivity contribution < 1.29 is 14.3 Å². The predicted octanol–water partition coefficient (Wildman–Crippen LogP) is 2.86. The highest BCUT2D eigenvalue weighted by atomic mass is 35.5. The lowest BCUT2D eigenvalue weighted by atomic mass is 10.2. The van der Waals surface area contributed by atoms with Gasteiger partial charge in [-0.05, 0) is 29.8 Å². The minimum Gasteiger partial charge on any atom is -0.454 e. The average molecular weight is 372 g/mol. The highest BCUT2D eigenvalue weighted by Crippen LogP contribution is 2.32. The fraction of sp³-hybridized carbons (Fsp3) is 0.118. The number of hydrogen-bond acceptors (Lipinski definition) is 6. The molecule has 132 valence electrons. The Balaban J connectivity index is 1.44. The number of amides is 1. The zero-order valence-corrected chi connectivity index (χ0v) is 14.2. The van der Waals surface area contributed by atoms with Crippen molar-refractivity contribution in [1.82, 2.24) is 20.7 Å². The lowest BCUT2D eigenvalue weighted by Gasteiger charge is -2.08. The van der Waals surface area contributed by atoms with Gasteiger partial charge in [0.25, 0.3) is 5.91 Å². The van der Waals surface area contributed by atoms with E-state index in [0.717, 1.165) is 5.56 Å². The van der Waals surface area contributed by atoms with E-state index in [2.05, 4.69) is 26.0 Å². The molecule has 3 aromatic rings. The van der Waals surface area contributed by atoms with E-state index in [0.29, 0.717) is 34.6 Å². The van der Waals surface area contributed by atoms with Crippen LogP contribution in [-0.4, -0.2) is 28.1 Å². The quantitative estimate of drug-likeness (QED) is 0.637. The van der Waals surface area contributed by atoms with E-state index in [4.69, 9.17) is 21.1 Å². The molecule has 9 heteroatoms. The molecule has 0 aliphatic carbocycles. The largest absolute Gasteiger partial charge is 0.454 e. The number of halogens is 1. The molecule has 0 radical (unpaired) electrons. The second-order valence-electron chi connectivity index (χ2n) is 5.50. The number of H-pyrrole nitrogens is 1. The molecule has 0 saturated carbocycles. The summed E-state index contributed by atoms with van der Waals surface area (Å²) in [5.74, 6) is 1.29. The minimum atomic E-state index is -0.369. The van der Waals surface area contributed by atoms with Crippen molar-refractivity contribution >= 4 is 29.0 Å². The first-order valence-electron chi connectivity index (χ1n) is 7.80. The summed E-state index contributed by atoms with van der Waals surface area (Å²) in [6.45, 7) is 0.523. The molecule has 2 aromatic carbocycles. The lowest BCUT2D eigenvalue weighted by molar-refractivity contribution is 0.0946. The second kappa shape index (κ2) is 6.93. The van der Waals surface area contributed by atoms with Crippen molar-refractivity contribution in [3.05, 3.63) is 58.7 Å². The van der Waals surface area contributed by atoms with Crippen LogP contribution in [0.1, 0.15) is 16.1 Å². The number of benzene rings is 2. The van der Waals surface area contributed by atoms with E-state index < -0.39 is 0 Å². The lowest BCUT2D eigenvalue weighted by Crippen LogP contribution is -2.24. The SMILES string of the molecule is O=C(NCc1ccc2c(c1)OCO2)c1n[nH]nc1Nc1ccccc1Cl. The molecule has 26 heavy (non-hydrogen) atoms. The van der Waals surface area contributed by atoms with E-state index in [9.17, 15) is 4.79 Å². The average Bonchev–Trinajstić information content (AvgIpc) is 3.30. The maximum absolute atomic E-state index is 12.4. The summed E-state index contributed by atoms with van der Waals surface area (Å²) >= 11 is 6.12. The predicted molar refractivity (Wildman–Crippen MR) is 94.9 cm³/mol. The number of para-hydroxylation sites is 1. The monoisotopic (exact) mass is 371 g/mol. The first-order chi connectivity index (χ1) is 12.7. The molecule has 1 amide bonds. The molecule has 0 spiro atoms. The fourth-order valence-electron chi connectivity index (χ4n) is 2.48. The van der Waals surface area contributed by atoms with Crippen LogP contribution in [0.3, 0.4) is 0 Å². The van der Waals surface area contributed by atoms with Crippen LogP contribution in [0.2, 0.25) is 5.02 Å². The van der Waals surface area contributed by atoms with Gasteiger partial charge in [-0.3, -0.25) is 4.79 Å². The van der Waals surface area contributed by atoms with Gasteiger partial charge in [0.05, 0.1) is 10.7 Å². The molecule has 0 unspecified atom stereocenters. The highest BCUT2D eigenvalue weighted by Gasteiger charge is 2.18. The van der Waals surface area contributed by atoms with Crippen LogP contribution in [-0.2, 0) is 6.54 Å². The molecular weight excluding hydrogens is 358 g/mol. The third-order valence-corrected chi connectivity index (χ3v) is 4.11. The molecule has 2 heterocycles. The molecule has 1 aliphatic rings. The van der Waals surface area contributed by atoms with Gasteiger partial charge in [-0.15, -0.1) is 10.2 Å². The number of carbonyl (C=O) groups is 1. The summed E-state index contributed by atoms with van der Waals surface area (Å²) in [6, 6.07) is 12.7. The van der Waals surface area contributed by atoms with Crippen LogP contribution in [0.4, 0.5) is 11.5 Å². The van der Waals surface area contributed by atoms with Gasteiger partial charge in [-0.25, -0.2) is 0 Å². The van der Waals surface area contributed by atoms with Crippen LogP contribution in [0.5, 0.6) is 11.5 Å². The number of rotatable bonds is 5. The van der Waals surface area contributed by atoms with E-state index in [-0.39, 0.29) is 18.4 Å². The summed E-state index contributed by atoms with van der Waals surface area (Å²) in [4.78, 5) is 12.4. The van der Waals surface area contributed by atoms with Crippen molar-refractivity contribution in [3.63, 3.8) is 0 Å². The van der Waals surface area contributed by atoms with E-state index in [1.165, 1.54) is 0 Å². The van der Waals surface area contributed by atoms with Crippen molar-refractivity contribution in [3.8, 4) is 11.5 Å². The number of aromatic nitrogens is 3. The maximum atomic E-state index is 12.4. The van der Waals surface area contributed by atoms with Gasteiger partial charge < -0.3 is 20.1 Å². The van der Waals surface area contributed by atoms with Crippen LogP contribution in [0, 0.1) is 0 Å². The maximum Gasteiger partial charge on any atom is 0.275 e. The van der Waals surface area contributed by atoms with Crippen LogP contribution in [0.25, 0.3) is 0 Å². The zero-order valence-electron chi connectivity index (χ0n) is 13.5. The molecule has 0 fully saturated rings. The molecule has 1 aliphatic heterocycles. The van der Waals surface area contributed by atoms with Crippen molar-refractivity contribution in [1.29, 1.82) is 0 Å². The third-order valence-electron chi connectivity index (χ3n) is 3.78. The smallest absolute Gasteiger partial charge is 0.275 e. The minimum absolute atomic E-state index is 0.144. The highest BCUT2D eigenvalue weighted by molar-refractivity contribution is 6.33. The Morgan fingerprint density at radius 2 is 2.00 bits per heavy atom. The number of aromatic amines is 1. The zero-order chi connectivity index (χ0) is 17.9. The van der Waals surface area contributed by atoms with Gasteiger partial charge in [0.1, 0.15) is 0 Å². The first-order valence-corrected chi connectivity index (χ1v) is 8.17. The Morgan fingerprint density at radius 1 is 1.15 bits per heavy atom. The number of anilines is 2. The van der Waals surface area contributed by atoms with E-state index in [1.54, 1.807) is 12.1 Å². The van der Waals surface area contributed by atoms with Gasteiger partial charge in [0.2, 0.25) is 6.79 Å². The summed E-state index contributed by atoms with van der Waals surface area (Å²) in [5, 5.41) is 16.7. The molecule has 0 bridgehead atoms. The number of ether oxygens (including phenoxy) is 2. The number of carbonyl (C=O) groups excluding carboxylic acids is 1. The van der Waals surface area contributed by atoms with Gasteiger partial charge >= 0.3 is 0 Å². The third kappa shape index (κ3) is 3.27. The van der Waals surface area contributed by atoms with E-state index >= 15 is 0 Å². The summed E-state index contributed by atoms with van der Waals surface area (Å²) in [5.41, 5.74) is 1.66. The topological polar surface area (TPSA) is 101 Å². The second-order valence-corrected chi connectivity index (χ2v) is 5.90. The number of hydrogen-bond donors (Lipinski definition) is 3. The van der Waals surface area contributed by atoms with Crippen molar-refractivity contribution in [2.24, 2.45) is 0 Å². The Kier molecular flexibility index (Phi) is 4.32. The molecule has 8 nitrogen and oxygen atoms in total. The van der Waals surface area contributed by atoms with Gasteiger partial charge in [0.15, 0.2) is 23.0 Å². The number of fused-ring (bicyclic) bond motifs is 1. The molecule has 3 N–H and O–H groups in total. The van der Waals surface area contributed by atoms with Gasteiger partial charge in [-0.1, -0.05) is 29.8 Å². The molecule has 1 aromatic heterocycles. The van der Waals surface area contributed by atoms with Crippen LogP contribution in [0.15, 0.2) is 42.5 Å². The Hall–Kier alpha value is -3.26. The molecule has 4 rings (SSSR count). The van der Waals surface area contributed by atoms with Crippen molar-refractivity contribution in [2.45, 2.75) is 6.54 Å². The normalized spacial score (nSPS) is 12.0. The Bertz CT molecular complexity index is 959. The molecule has 0 atom stereocenters. The summed E-state index contributed by atoms with van der Waals surface area (Å²) in [7, 11) is 0. The fourth-order valence-corrected chi connectivity index (χ4v) is 2.67. The Morgan fingerprint density at radius 3 is 2.88 bits per heavy atom. The number of nitrogens with zero attached hydrogens (tertiary/aromatic N) is 2.